The van der Waals surface area contributed by atoms with Gasteiger partial charge >= 0.3 is 0 Å². The second-order valence-electron chi connectivity index (χ2n) is 8.26. The van der Waals surface area contributed by atoms with E-state index in [9.17, 15) is 9.59 Å². The largest absolute Gasteiger partial charge is 0.351 e. The number of amides is 2. The van der Waals surface area contributed by atoms with E-state index in [0.29, 0.717) is 31.3 Å². The number of carbonyl (C=O) groups excluding carboxylic acids is 2. The van der Waals surface area contributed by atoms with Gasteiger partial charge in [0.05, 0.1) is 6.04 Å². The molecule has 1 aliphatic heterocycles. The van der Waals surface area contributed by atoms with E-state index in [2.05, 4.69) is 61.6 Å². The molecule has 28 heavy (non-hydrogen) atoms. The number of benzene rings is 2. The van der Waals surface area contributed by atoms with Crippen LogP contribution in [-0.4, -0.2) is 35.3 Å². The molecule has 1 saturated heterocycles. The smallest absolute Gasteiger partial charge is 0.225 e. The minimum Gasteiger partial charge on any atom is -0.351 e. The average molecular weight is 377 g/mol. The molecule has 4 rings (SSSR count). The Labute approximate surface area is 166 Å². The van der Waals surface area contributed by atoms with Crippen molar-refractivity contribution in [3.63, 3.8) is 0 Å². The first kappa shape index (κ1) is 18.7. The Kier molecular flexibility index (Phi) is 5.21. The van der Waals surface area contributed by atoms with Crippen molar-refractivity contribution in [2.24, 2.45) is 0 Å². The molecule has 2 aromatic carbocycles. The summed E-state index contributed by atoms with van der Waals surface area (Å²) in [5.74, 6) is 0.655. The van der Waals surface area contributed by atoms with E-state index in [-0.39, 0.29) is 17.9 Å². The first-order valence-electron chi connectivity index (χ1n) is 10.2. The lowest BCUT2D eigenvalue weighted by molar-refractivity contribution is -0.128. The zero-order valence-electron chi connectivity index (χ0n) is 16.7. The Hall–Kier alpha value is -2.62. The second-order valence-corrected chi connectivity index (χ2v) is 8.26. The van der Waals surface area contributed by atoms with Crippen LogP contribution in [0.5, 0.6) is 0 Å². The SMILES string of the molecule is Cc1ccc(CCC(=O)N[C@@H]2CC(=O)N([C@@H]3C[C@H]3c3ccccc3)C2)c(C)c1. The van der Waals surface area contributed by atoms with Gasteiger partial charge in [-0.25, -0.2) is 0 Å². The van der Waals surface area contributed by atoms with Crippen molar-refractivity contribution >= 4 is 11.8 Å². The van der Waals surface area contributed by atoms with Gasteiger partial charge in [-0.3, -0.25) is 9.59 Å². The molecule has 1 N–H and O–H groups in total. The topological polar surface area (TPSA) is 49.4 Å². The quantitative estimate of drug-likeness (QED) is 0.839. The molecule has 0 spiro atoms. The van der Waals surface area contributed by atoms with Gasteiger partial charge in [-0.05, 0) is 43.4 Å². The van der Waals surface area contributed by atoms with Crippen LogP contribution in [0.1, 0.15) is 47.4 Å². The third-order valence-corrected chi connectivity index (χ3v) is 6.03. The number of aryl methyl sites for hydroxylation is 3. The molecule has 1 heterocycles. The Morgan fingerprint density at radius 3 is 2.68 bits per heavy atom. The minimum atomic E-state index is -0.0591. The van der Waals surface area contributed by atoms with Gasteiger partial charge in [-0.1, -0.05) is 54.1 Å². The van der Waals surface area contributed by atoms with E-state index in [4.69, 9.17) is 0 Å². The van der Waals surface area contributed by atoms with E-state index in [1.165, 1.54) is 22.3 Å². The number of hydrogen-bond acceptors (Lipinski definition) is 2. The second kappa shape index (κ2) is 7.78. The number of carbonyl (C=O) groups is 2. The van der Waals surface area contributed by atoms with Crippen molar-refractivity contribution in [3.05, 3.63) is 70.8 Å². The van der Waals surface area contributed by atoms with Crippen molar-refractivity contribution in [2.45, 2.75) is 57.5 Å². The zero-order valence-corrected chi connectivity index (χ0v) is 16.7. The fraction of sp³-hybridized carbons (Fsp3) is 0.417. The molecular formula is C24H28N2O2. The lowest BCUT2D eigenvalue weighted by Gasteiger charge is -2.17. The lowest BCUT2D eigenvalue weighted by Crippen LogP contribution is -2.38. The predicted molar refractivity (Wildman–Crippen MR) is 110 cm³/mol. The highest BCUT2D eigenvalue weighted by Crippen LogP contribution is 2.45. The highest BCUT2D eigenvalue weighted by Gasteiger charge is 2.47. The van der Waals surface area contributed by atoms with Gasteiger partial charge in [0.15, 0.2) is 0 Å². The zero-order chi connectivity index (χ0) is 19.7. The van der Waals surface area contributed by atoms with Crippen LogP contribution >= 0.6 is 0 Å². The fourth-order valence-electron chi connectivity index (χ4n) is 4.41. The van der Waals surface area contributed by atoms with E-state index in [1.807, 2.05) is 11.0 Å². The van der Waals surface area contributed by atoms with Gasteiger partial charge in [0.25, 0.3) is 0 Å². The number of likely N-dealkylation sites (tertiary alicyclic amines) is 1. The number of hydrogen-bond donors (Lipinski definition) is 1. The van der Waals surface area contributed by atoms with Crippen molar-refractivity contribution < 1.29 is 9.59 Å². The van der Waals surface area contributed by atoms with Crippen LogP contribution < -0.4 is 5.32 Å². The molecule has 1 aliphatic carbocycles. The summed E-state index contributed by atoms with van der Waals surface area (Å²) in [5.41, 5.74) is 5.00. The predicted octanol–water partition coefficient (Wildman–Crippen LogP) is 3.51. The summed E-state index contributed by atoms with van der Waals surface area (Å²) in [4.78, 5) is 26.8. The maximum atomic E-state index is 12.5. The summed E-state index contributed by atoms with van der Waals surface area (Å²) in [5, 5.41) is 3.08. The van der Waals surface area contributed by atoms with E-state index >= 15 is 0 Å². The Balaban J connectivity index is 1.27. The summed E-state index contributed by atoms with van der Waals surface area (Å²) in [7, 11) is 0. The minimum absolute atomic E-state index is 0.0371. The van der Waals surface area contributed by atoms with Crippen LogP contribution in [0.15, 0.2) is 48.5 Å². The first-order chi connectivity index (χ1) is 13.5. The Morgan fingerprint density at radius 1 is 1.14 bits per heavy atom. The van der Waals surface area contributed by atoms with Gasteiger partial charge in [-0.2, -0.15) is 0 Å². The fourth-order valence-corrected chi connectivity index (χ4v) is 4.41. The standard InChI is InChI=1S/C24H28N2O2/c1-16-8-9-18(17(2)12-16)10-11-23(27)25-20-13-24(28)26(15-20)22-14-21(22)19-6-4-3-5-7-19/h3-9,12,20-22H,10-11,13-15H2,1-2H3,(H,25,27)/t20-,21+,22-/m1/s1. The molecule has 3 atom stereocenters. The van der Waals surface area contributed by atoms with Crippen molar-refractivity contribution in [3.8, 4) is 0 Å². The lowest BCUT2D eigenvalue weighted by atomic mass is 10.0. The van der Waals surface area contributed by atoms with Gasteiger partial charge < -0.3 is 10.2 Å². The number of nitrogens with one attached hydrogen (secondary N) is 1. The molecule has 0 bridgehead atoms. The molecule has 0 aromatic heterocycles. The summed E-state index contributed by atoms with van der Waals surface area (Å²) in [6, 6.07) is 17.0. The van der Waals surface area contributed by atoms with Crippen molar-refractivity contribution in [2.75, 3.05) is 6.54 Å². The molecule has 0 radical (unpaired) electrons. The molecule has 146 valence electrons. The molecule has 0 unspecified atom stereocenters. The Morgan fingerprint density at radius 2 is 1.93 bits per heavy atom. The summed E-state index contributed by atoms with van der Waals surface area (Å²) < 4.78 is 0. The van der Waals surface area contributed by atoms with E-state index < -0.39 is 0 Å². The van der Waals surface area contributed by atoms with Gasteiger partial charge in [0.1, 0.15) is 0 Å². The Bertz CT molecular complexity index is 877. The highest BCUT2D eigenvalue weighted by molar-refractivity contribution is 5.83. The van der Waals surface area contributed by atoms with Crippen LogP contribution in [0.25, 0.3) is 0 Å². The van der Waals surface area contributed by atoms with Crippen molar-refractivity contribution in [1.82, 2.24) is 10.2 Å². The van der Waals surface area contributed by atoms with Crippen LogP contribution in [0, 0.1) is 13.8 Å². The van der Waals surface area contributed by atoms with Crippen LogP contribution in [0.4, 0.5) is 0 Å². The average Bonchev–Trinajstić information content (AvgIpc) is 3.38. The maximum absolute atomic E-state index is 12.5. The highest BCUT2D eigenvalue weighted by atomic mass is 16.2. The normalized spacial score (nSPS) is 23.7. The molecule has 2 fully saturated rings. The number of nitrogens with zero attached hydrogens (tertiary/aromatic N) is 1. The molecule has 2 aromatic rings. The molecular weight excluding hydrogens is 348 g/mol. The van der Waals surface area contributed by atoms with E-state index in [0.717, 1.165) is 12.8 Å². The van der Waals surface area contributed by atoms with Crippen molar-refractivity contribution in [1.29, 1.82) is 0 Å². The maximum Gasteiger partial charge on any atom is 0.225 e. The third kappa shape index (κ3) is 4.11. The van der Waals surface area contributed by atoms with E-state index in [1.54, 1.807) is 0 Å². The number of rotatable bonds is 6. The molecule has 1 saturated carbocycles. The van der Waals surface area contributed by atoms with Gasteiger partial charge in [0, 0.05) is 31.3 Å². The summed E-state index contributed by atoms with van der Waals surface area (Å²) >= 11 is 0. The monoisotopic (exact) mass is 376 g/mol. The summed E-state index contributed by atoms with van der Waals surface area (Å²) in [6.07, 6.45) is 2.65. The van der Waals surface area contributed by atoms with Crippen LogP contribution in [0.3, 0.4) is 0 Å². The summed E-state index contributed by atoms with van der Waals surface area (Å²) in [6.45, 7) is 4.81. The van der Waals surface area contributed by atoms with Gasteiger partial charge in [-0.15, -0.1) is 0 Å². The van der Waals surface area contributed by atoms with Crippen LogP contribution in [0.2, 0.25) is 0 Å². The molecule has 4 heteroatoms. The molecule has 2 amide bonds. The first-order valence-corrected chi connectivity index (χ1v) is 10.2. The molecule has 4 nitrogen and oxygen atoms in total. The molecule has 2 aliphatic rings. The van der Waals surface area contributed by atoms with Gasteiger partial charge in [0.2, 0.25) is 11.8 Å². The van der Waals surface area contributed by atoms with Crippen LogP contribution in [-0.2, 0) is 16.0 Å². The third-order valence-electron chi connectivity index (χ3n) is 6.03.